The zero-order chi connectivity index (χ0) is 10.0. The second-order valence-corrected chi connectivity index (χ2v) is 3.40. The number of hydrogen-bond donors (Lipinski definition) is 1. The summed E-state index contributed by atoms with van der Waals surface area (Å²) >= 11 is 6.67. The molecule has 0 aliphatic carbocycles. The Labute approximate surface area is 84.3 Å². The predicted molar refractivity (Wildman–Crippen MR) is 49.1 cm³/mol. The van der Waals surface area contributed by atoms with Crippen LogP contribution in [-0.4, -0.2) is 31.9 Å². The third kappa shape index (κ3) is 2.07. The molecule has 1 N–H and O–H groups in total. The topological polar surface area (TPSA) is 66.3 Å². The molecule has 1 amide bonds. The molecule has 1 aromatic heterocycles. The molecule has 0 saturated carbocycles. The van der Waals surface area contributed by atoms with Crippen LogP contribution in [0.5, 0.6) is 0 Å². The Morgan fingerprint density at radius 1 is 1.69 bits per heavy atom. The molecule has 0 radical (unpaired) electrons. The number of carbonyl (C=O) groups is 1. The van der Waals surface area contributed by atoms with Gasteiger partial charge in [-0.15, -0.1) is 0 Å². The molecule has 1 unspecified atom stereocenters. The predicted octanol–water partition coefficient (Wildman–Crippen LogP) is 1.86. The number of aromatic nitrogens is 2. The van der Waals surface area contributed by atoms with Crippen LogP contribution in [0.25, 0.3) is 0 Å². The van der Waals surface area contributed by atoms with Crippen LogP contribution in [0.4, 0.5) is 4.79 Å². The van der Waals surface area contributed by atoms with E-state index in [0.29, 0.717) is 5.69 Å². The van der Waals surface area contributed by atoms with E-state index in [0.717, 1.165) is 16.6 Å². The van der Waals surface area contributed by atoms with Crippen LogP contribution in [0, 0.1) is 0 Å². The Balaban J connectivity index is 2.85. The zero-order valence-corrected chi connectivity index (χ0v) is 8.63. The van der Waals surface area contributed by atoms with Crippen LogP contribution in [0.2, 0.25) is 5.15 Å². The van der Waals surface area contributed by atoms with Gasteiger partial charge in [0.15, 0.2) is 5.15 Å². The Kier molecular flexibility index (Phi) is 3.05. The third-order valence-corrected chi connectivity index (χ3v) is 2.67. The van der Waals surface area contributed by atoms with Gasteiger partial charge in [-0.3, -0.25) is 0 Å². The van der Waals surface area contributed by atoms with Gasteiger partial charge in [-0.1, -0.05) is 11.6 Å². The van der Waals surface area contributed by atoms with Crippen molar-refractivity contribution in [3.05, 3.63) is 10.8 Å². The molecule has 1 aromatic rings. The maximum atomic E-state index is 10.6. The maximum absolute atomic E-state index is 10.6. The standard InChI is InChI=1S/C6H8ClN3O2S/c1-3(10(2)6(11)12)4-5(7)9-13-8-4/h3H,1-2H3,(H,11,12). The largest absolute Gasteiger partial charge is 0.465 e. The van der Waals surface area contributed by atoms with Gasteiger partial charge in [0, 0.05) is 7.05 Å². The van der Waals surface area contributed by atoms with Crippen molar-refractivity contribution in [1.82, 2.24) is 13.6 Å². The van der Waals surface area contributed by atoms with Crippen LogP contribution in [0.1, 0.15) is 18.7 Å². The van der Waals surface area contributed by atoms with Gasteiger partial charge in [-0.2, -0.15) is 8.75 Å². The smallest absolute Gasteiger partial charge is 0.407 e. The van der Waals surface area contributed by atoms with Crippen LogP contribution in [0.15, 0.2) is 0 Å². The van der Waals surface area contributed by atoms with Crippen molar-refractivity contribution in [2.45, 2.75) is 13.0 Å². The average Bonchev–Trinajstić information content (AvgIpc) is 2.48. The molecule has 0 spiro atoms. The van der Waals surface area contributed by atoms with Gasteiger partial charge in [0.1, 0.15) is 5.69 Å². The lowest BCUT2D eigenvalue weighted by atomic mass is 10.2. The van der Waals surface area contributed by atoms with Crippen molar-refractivity contribution in [3.8, 4) is 0 Å². The Morgan fingerprint density at radius 2 is 2.31 bits per heavy atom. The van der Waals surface area contributed by atoms with Crippen molar-refractivity contribution in [3.63, 3.8) is 0 Å². The van der Waals surface area contributed by atoms with Crippen molar-refractivity contribution >= 4 is 29.4 Å². The second-order valence-electron chi connectivity index (χ2n) is 2.51. The molecule has 1 atom stereocenters. The van der Waals surface area contributed by atoms with E-state index in [2.05, 4.69) is 8.75 Å². The minimum absolute atomic E-state index is 0.269. The van der Waals surface area contributed by atoms with E-state index >= 15 is 0 Å². The molecule has 0 fully saturated rings. The van der Waals surface area contributed by atoms with Crippen LogP contribution >= 0.6 is 23.3 Å². The molecule has 1 rings (SSSR count). The number of nitrogens with zero attached hydrogens (tertiary/aromatic N) is 3. The lowest BCUT2D eigenvalue weighted by molar-refractivity contribution is 0.141. The zero-order valence-electron chi connectivity index (χ0n) is 7.06. The van der Waals surface area contributed by atoms with E-state index in [1.807, 2.05) is 0 Å². The fraction of sp³-hybridized carbons (Fsp3) is 0.500. The number of halogens is 1. The summed E-state index contributed by atoms with van der Waals surface area (Å²) < 4.78 is 7.67. The van der Waals surface area contributed by atoms with Gasteiger partial charge >= 0.3 is 6.09 Å². The number of rotatable bonds is 2. The van der Waals surface area contributed by atoms with Gasteiger partial charge < -0.3 is 10.0 Å². The van der Waals surface area contributed by atoms with E-state index in [1.54, 1.807) is 6.92 Å². The van der Waals surface area contributed by atoms with Crippen molar-refractivity contribution in [2.75, 3.05) is 7.05 Å². The van der Waals surface area contributed by atoms with Crippen LogP contribution in [0.3, 0.4) is 0 Å². The van der Waals surface area contributed by atoms with E-state index in [1.165, 1.54) is 7.05 Å². The first-order valence-electron chi connectivity index (χ1n) is 3.47. The summed E-state index contributed by atoms with van der Waals surface area (Å²) in [6.45, 7) is 1.71. The van der Waals surface area contributed by atoms with Crippen molar-refractivity contribution in [1.29, 1.82) is 0 Å². The fourth-order valence-electron chi connectivity index (χ4n) is 0.782. The lowest BCUT2D eigenvalue weighted by Crippen LogP contribution is -2.28. The molecular weight excluding hydrogens is 214 g/mol. The highest BCUT2D eigenvalue weighted by atomic mass is 35.5. The fourth-order valence-corrected chi connectivity index (χ4v) is 1.66. The molecule has 0 bridgehead atoms. The number of carboxylic acid groups (broad SMARTS) is 1. The molecule has 0 aromatic carbocycles. The molecule has 0 aliphatic rings. The molecule has 7 heteroatoms. The Morgan fingerprint density at radius 3 is 2.69 bits per heavy atom. The van der Waals surface area contributed by atoms with Gasteiger partial charge in [0.25, 0.3) is 0 Å². The Bertz CT molecular complexity index is 317. The summed E-state index contributed by atoms with van der Waals surface area (Å²) in [4.78, 5) is 11.7. The first-order valence-corrected chi connectivity index (χ1v) is 4.58. The molecule has 0 saturated heterocycles. The average molecular weight is 222 g/mol. The van der Waals surface area contributed by atoms with Crippen LogP contribution < -0.4 is 0 Å². The highest BCUT2D eigenvalue weighted by Gasteiger charge is 2.21. The molecule has 72 valence electrons. The number of amides is 1. The molecule has 13 heavy (non-hydrogen) atoms. The lowest BCUT2D eigenvalue weighted by Gasteiger charge is -2.19. The van der Waals surface area contributed by atoms with Crippen molar-refractivity contribution in [2.24, 2.45) is 0 Å². The van der Waals surface area contributed by atoms with Crippen LogP contribution in [-0.2, 0) is 0 Å². The summed E-state index contributed by atoms with van der Waals surface area (Å²) in [6, 6.07) is -0.372. The van der Waals surface area contributed by atoms with Gasteiger partial charge in [0.2, 0.25) is 0 Å². The summed E-state index contributed by atoms with van der Waals surface area (Å²) in [5.74, 6) is 0. The van der Waals surface area contributed by atoms with E-state index in [9.17, 15) is 4.79 Å². The molecule has 1 heterocycles. The van der Waals surface area contributed by atoms with Crippen molar-refractivity contribution < 1.29 is 9.90 Å². The normalized spacial score (nSPS) is 12.5. The monoisotopic (exact) mass is 221 g/mol. The molecule has 5 nitrogen and oxygen atoms in total. The first-order chi connectivity index (χ1) is 6.04. The highest BCUT2D eigenvalue weighted by Crippen LogP contribution is 2.24. The maximum Gasteiger partial charge on any atom is 0.407 e. The summed E-state index contributed by atoms with van der Waals surface area (Å²) in [6.07, 6.45) is -1.02. The first kappa shape index (κ1) is 10.2. The Hall–Kier alpha value is -0.880. The van der Waals surface area contributed by atoms with Gasteiger partial charge in [-0.25, -0.2) is 4.79 Å². The van der Waals surface area contributed by atoms with E-state index in [4.69, 9.17) is 16.7 Å². The second kappa shape index (κ2) is 3.89. The minimum Gasteiger partial charge on any atom is -0.465 e. The van der Waals surface area contributed by atoms with Gasteiger partial charge in [-0.05, 0) is 6.92 Å². The summed E-state index contributed by atoms with van der Waals surface area (Å²) in [5.41, 5.74) is 0.497. The van der Waals surface area contributed by atoms with E-state index in [-0.39, 0.29) is 11.2 Å². The molecular formula is C6H8ClN3O2S. The highest BCUT2D eigenvalue weighted by molar-refractivity contribution is 6.99. The quantitative estimate of drug-likeness (QED) is 0.828. The summed E-state index contributed by atoms with van der Waals surface area (Å²) in [7, 11) is 1.46. The van der Waals surface area contributed by atoms with Gasteiger partial charge in [0.05, 0.1) is 17.8 Å². The number of hydrogen-bond acceptors (Lipinski definition) is 4. The summed E-state index contributed by atoms with van der Waals surface area (Å²) in [5, 5.41) is 8.95. The molecule has 0 aliphatic heterocycles. The van der Waals surface area contributed by atoms with E-state index < -0.39 is 6.09 Å². The minimum atomic E-state index is -1.02. The SMILES string of the molecule is CC(c1nsnc1Cl)N(C)C(=O)O. The third-order valence-electron chi connectivity index (χ3n) is 1.75.